The van der Waals surface area contributed by atoms with Crippen LogP contribution in [0.1, 0.15) is 109 Å². The van der Waals surface area contributed by atoms with Crippen LogP contribution in [-0.4, -0.2) is 12.6 Å². The summed E-state index contributed by atoms with van der Waals surface area (Å²) in [5.74, 6) is 0.144. The molecule has 0 saturated carbocycles. The number of hydrogen-bond acceptors (Lipinski definition) is 2. The molecular formula is C26H44O2. The molecule has 0 saturated heterocycles. The summed E-state index contributed by atoms with van der Waals surface area (Å²) in [6.45, 7) is 5.01. The zero-order valence-electron chi connectivity index (χ0n) is 18.6. The van der Waals surface area contributed by atoms with Crippen LogP contribution in [0.4, 0.5) is 0 Å². The van der Waals surface area contributed by atoms with E-state index in [1.807, 2.05) is 18.2 Å². The summed E-state index contributed by atoms with van der Waals surface area (Å²) in [5.41, 5.74) is 1.23. The van der Waals surface area contributed by atoms with Crippen molar-refractivity contribution in [3.05, 3.63) is 35.9 Å². The van der Waals surface area contributed by atoms with Crippen LogP contribution in [0.15, 0.2) is 30.3 Å². The fourth-order valence-electron chi connectivity index (χ4n) is 3.75. The number of carbonyl (C=O) groups excluding carboxylic acids is 1. The van der Waals surface area contributed by atoms with Crippen LogP contribution in [-0.2, 0) is 16.0 Å². The number of benzene rings is 1. The molecule has 1 rings (SSSR count). The second-order valence-electron chi connectivity index (χ2n) is 8.21. The fourth-order valence-corrected chi connectivity index (χ4v) is 3.75. The van der Waals surface area contributed by atoms with Gasteiger partial charge in [-0.3, -0.25) is 4.79 Å². The molecule has 0 aliphatic carbocycles. The number of carbonyl (C=O) groups is 1. The van der Waals surface area contributed by atoms with Crippen molar-refractivity contribution in [2.45, 2.75) is 110 Å². The second-order valence-corrected chi connectivity index (χ2v) is 8.21. The van der Waals surface area contributed by atoms with Gasteiger partial charge < -0.3 is 4.74 Å². The van der Waals surface area contributed by atoms with Gasteiger partial charge in [-0.2, -0.15) is 0 Å². The molecule has 0 spiro atoms. The Bertz CT molecular complexity index is 469. The highest BCUT2D eigenvalue weighted by molar-refractivity contribution is 5.72. The predicted octanol–water partition coefficient (Wildman–Crippen LogP) is 7.89. The van der Waals surface area contributed by atoms with Crippen molar-refractivity contribution in [3.63, 3.8) is 0 Å². The fraction of sp³-hybridized carbons (Fsp3) is 0.731. The van der Waals surface area contributed by atoms with E-state index in [-0.39, 0.29) is 11.9 Å². The molecule has 0 N–H and O–H groups in total. The molecule has 0 bridgehead atoms. The van der Waals surface area contributed by atoms with Crippen molar-refractivity contribution in [2.75, 3.05) is 6.61 Å². The first-order valence-electron chi connectivity index (χ1n) is 12.0. The largest absolute Gasteiger partial charge is 0.465 e. The van der Waals surface area contributed by atoms with E-state index in [9.17, 15) is 4.79 Å². The van der Waals surface area contributed by atoms with Crippen molar-refractivity contribution >= 4 is 5.97 Å². The van der Waals surface area contributed by atoms with E-state index in [4.69, 9.17) is 4.74 Å². The van der Waals surface area contributed by atoms with Crippen molar-refractivity contribution in [1.29, 1.82) is 0 Å². The van der Waals surface area contributed by atoms with Crippen LogP contribution in [0.2, 0.25) is 0 Å². The molecule has 160 valence electrons. The zero-order chi connectivity index (χ0) is 20.3. The Morgan fingerprint density at radius 1 is 0.750 bits per heavy atom. The van der Waals surface area contributed by atoms with E-state index >= 15 is 0 Å². The lowest BCUT2D eigenvalue weighted by Gasteiger charge is -2.16. The van der Waals surface area contributed by atoms with Crippen molar-refractivity contribution in [2.24, 2.45) is 5.92 Å². The summed E-state index contributed by atoms with van der Waals surface area (Å²) in [7, 11) is 0. The van der Waals surface area contributed by atoms with Gasteiger partial charge in [0.05, 0.1) is 12.5 Å². The van der Waals surface area contributed by atoms with Crippen molar-refractivity contribution < 1.29 is 9.53 Å². The summed E-state index contributed by atoms with van der Waals surface area (Å²) in [6.07, 6.45) is 18.2. The Hall–Kier alpha value is -1.31. The van der Waals surface area contributed by atoms with E-state index in [2.05, 4.69) is 26.0 Å². The lowest BCUT2D eigenvalue weighted by Crippen LogP contribution is -2.19. The van der Waals surface area contributed by atoms with Crippen molar-refractivity contribution in [1.82, 2.24) is 0 Å². The molecule has 0 amide bonds. The maximum absolute atomic E-state index is 12.6. The van der Waals surface area contributed by atoms with Crippen LogP contribution in [0, 0.1) is 5.92 Å². The molecule has 0 heterocycles. The van der Waals surface area contributed by atoms with Gasteiger partial charge in [0.1, 0.15) is 0 Å². The first-order chi connectivity index (χ1) is 13.8. The minimum Gasteiger partial charge on any atom is -0.465 e. The molecular weight excluding hydrogens is 344 g/mol. The van der Waals surface area contributed by atoms with Crippen LogP contribution in [0.3, 0.4) is 0 Å². The third-order valence-electron chi connectivity index (χ3n) is 5.62. The molecule has 0 aliphatic rings. The number of ether oxygens (including phenoxy) is 1. The van der Waals surface area contributed by atoms with Crippen LogP contribution in [0.25, 0.3) is 0 Å². The SMILES string of the molecule is CCCCCCCCCC(CCCCCCC)C(=O)OCCc1ccccc1. The molecule has 2 nitrogen and oxygen atoms in total. The minimum atomic E-state index is 0.0393. The monoisotopic (exact) mass is 388 g/mol. The maximum atomic E-state index is 12.6. The number of rotatable bonds is 18. The van der Waals surface area contributed by atoms with Gasteiger partial charge in [0.2, 0.25) is 0 Å². The molecule has 1 aromatic carbocycles. The standard InChI is InChI=1S/C26H44O2/c1-3-5-7-9-10-12-17-21-25(20-16-11-8-6-4-2)26(27)28-23-22-24-18-14-13-15-19-24/h13-15,18-19,25H,3-12,16-17,20-23H2,1-2H3. The Labute approximate surface area is 174 Å². The number of unbranched alkanes of at least 4 members (excludes halogenated alkanes) is 10. The van der Waals surface area contributed by atoms with Gasteiger partial charge in [-0.15, -0.1) is 0 Å². The summed E-state index contributed by atoms with van der Waals surface area (Å²) >= 11 is 0. The highest BCUT2D eigenvalue weighted by atomic mass is 16.5. The first-order valence-corrected chi connectivity index (χ1v) is 12.0. The maximum Gasteiger partial charge on any atom is 0.308 e. The first kappa shape index (κ1) is 24.7. The molecule has 28 heavy (non-hydrogen) atoms. The highest BCUT2D eigenvalue weighted by Gasteiger charge is 2.19. The molecule has 2 heteroatoms. The Balaban J connectivity index is 2.29. The van der Waals surface area contributed by atoms with Crippen LogP contribution in [0.5, 0.6) is 0 Å². The van der Waals surface area contributed by atoms with E-state index in [1.54, 1.807) is 0 Å². The summed E-state index contributed by atoms with van der Waals surface area (Å²) in [5, 5.41) is 0. The minimum absolute atomic E-state index is 0.0393. The second kappa shape index (κ2) is 17.8. The smallest absolute Gasteiger partial charge is 0.308 e. The third-order valence-corrected chi connectivity index (χ3v) is 5.62. The van der Waals surface area contributed by atoms with Gasteiger partial charge in [0, 0.05) is 6.42 Å². The van der Waals surface area contributed by atoms with Gasteiger partial charge in [-0.05, 0) is 18.4 Å². The topological polar surface area (TPSA) is 26.3 Å². The van der Waals surface area contributed by atoms with E-state index in [0.717, 1.165) is 25.7 Å². The number of hydrogen-bond donors (Lipinski definition) is 0. The average molecular weight is 389 g/mol. The van der Waals surface area contributed by atoms with E-state index in [1.165, 1.54) is 76.2 Å². The Kier molecular flexibility index (Phi) is 15.7. The Morgan fingerprint density at radius 2 is 1.25 bits per heavy atom. The van der Waals surface area contributed by atoms with E-state index < -0.39 is 0 Å². The quantitative estimate of drug-likeness (QED) is 0.189. The lowest BCUT2D eigenvalue weighted by molar-refractivity contribution is -0.149. The predicted molar refractivity (Wildman–Crippen MR) is 121 cm³/mol. The third kappa shape index (κ3) is 13.0. The van der Waals surface area contributed by atoms with Crippen molar-refractivity contribution in [3.8, 4) is 0 Å². The lowest BCUT2D eigenvalue weighted by atomic mass is 9.94. The normalized spacial score (nSPS) is 12.1. The summed E-state index contributed by atoms with van der Waals surface area (Å²) in [4.78, 5) is 12.6. The molecule has 0 radical (unpaired) electrons. The zero-order valence-corrected chi connectivity index (χ0v) is 18.6. The summed E-state index contributed by atoms with van der Waals surface area (Å²) < 4.78 is 5.66. The molecule has 0 aliphatic heterocycles. The molecule has 0 fully saturated rings. The molecule has 1 aromatic rings. The van der Waals surface area contributed by atoms with Gasteiger partial charge in [-0.1, -0.05) is 121 Å². The van der Waals surface area contributed by atoms with Gasteiger partial charge in [-0.25, -0.2) is 0 Å². The average Bonchev–Trinajstić information content (AvgIpc) is 2.72. The highest BCUT2D eigenvalue weighted by Crippen LogP contribution is 2.21. The molecule has 1 atom stereocenters. The Morgan fingerprint density at radius 3 is 1.79 bits per heavy atom. The molecule has 1 unspecified atom stereocenters. The number of esters is 1. The molecule has 0 aromatic heterocycles. The van der Waals surface area contributed by atoms with Crippen LogP contribution >= 0.6 is 0 Å². The van der Waals surface area contributed by atoms with Gasteiger partial charge in [0.25, 0.3) is 0 Å². The van der Waals surface area contributed by atoms with Crippen LogP contribution < -0.4 is 0 Å². The summed E-state index contributed by atoms with van der Waals surface area (Å²) in [6, 6.07) is 10.3. The van der Waals surface area contributed by atoms with Gasteiger partial charge in [0.15, 0.2) is 0 Å². The van der Waals surface area contributed by atoms with Gasteiger partial charge >= 0.3 is 5.97 Å². The van der Waals surface area contributed by atoms with E-state index in [0.29, 0.717) is 6.61 Å².